The summed E-state index contributed by atoms with van der Waals surface area (Å²) in [6, 6.07) is 14.2. The van der Waals surface area contributed by atoms with Crippen LogP contribution in [-0.4, -0.2) is 17.9 Å². The summed E-state index contributed by atoms with van der Waals surface area (Å²) in [4.78, 5) is 25.9. The normalized spacial score (nSPS) is 20.3. The molecule has 0 spiro atoms. The summed E-state index contributed by atoms with van der Waals surface area (Å²) in [5.74, 6) is -1.46. The van der Waals surface area contributed by atoms with Gasteiger partial charge in [-0.3, -0.25) is 9.59 Å². The third-order valence-corrected chi connectivity index (χ3v) is 5.51. The molecule has 0 saturated heterocycles. The van der Waals surface area contributed by atoms with Crippen LogP contribution in [0.2, 0.25) is 0 Å². The van der Waals surface area contributed by atoms with Crippen molar-refractivity contribution in [1.82, 2.24) is 5.32 Å². The maximum atomic E-state index is 13.2. The first kappa shape index (κ1) is 21.3. The lowest BCUT2D eigenvalue weighted by Crippen LogP contribution is -2.47. The van der Waals surface area contributed by atoms with Crippen LogP contribution in [0.1, 0.15) is 24.2 Å². The van der Waals surface area contributed by atoms with Crippen molar-refractivity contribution >= 4 is 40.6 Å². The molecule has 1 aliphatic carbocycles. The third kappa shape index (κ3) is 4.98. The molecule has 7 heteroatoms. The number of benzene rings is 2. The predicted molar refractivity (Wildman–Crippen MR) is 113 cm³/mol. The first-order chi connectivity index (χ1) is 13.7. The van der Waals surface area contributed by atoms with Gasteiger partial charge in [0.15, 0.2) is 6.17 Å². The molecule has 0 unspecified atom stereocenters. The molecule has 29 heavy (non-hydrogen) atoms. The molecule has 152 valence electrons. The summed E-state index contributed by atoms with van der Waals surface area (Å²) in [5, 5.41) is 5.78. The van der Waals surface area contributed by atoms with Crippen molar-refractivity contribution in [3.63, 3.8) is 0 Å². The van der Waals surface area contributed by atoms with Crippen LogP contribution in [0.25, 0.3) is 0 Å². The highest BCUT2D eigenvalue weighted by atomic mass is 35.5. The topological polar surface area (TPSA) is 58.2 Å². The van der Waals surface area contributed by atoms with E-state index in [4.69, 9.17) is 23.2 Å². The minimum Gasteiger partial charge on any atom is -0.359 e. The number of Topliss-reactive ketones (excluding diaryl/α,β-unsaturated/α-hetero) is 1. The molecule has 3 atom stereocenters. The fourth-order valence-electron chi connectivity index (χ4n) is 3.51. The van der Waals surface area contributed by atoms with E-state index in [1.165, 1.54) is 24.3 Å². The highest BCUT2D eigenvalue weighted by Gasteiger charge is 2.60. The SMILES string of the molecule is CC1(C)[C@H](C(=O)N[C@H](Nc2ccc(F)cc2)C(=O)c2ccccc2)[C@@H]1C=C(Cl)Cl. The van der Waals surface area contributed by atoms with E-state index in [-0.39, 0.29) is 33.4 Å². The molecule has 0 bridgehead atoms. The molecule has 0 aromatic heterocycles. The van der Waals surface area contributed by atoms with Gasteiger partial charge in [0.25, 0.3) is 0 Å². The molecule has 0 radical (unpaired) electrons. The van der Waals surface area contributed by atoms with Gasteiger partial charge in [0, 0.05) is 11.3 Å². The molecule has 4 nitrogen and oxygen atoms in total. The zero-order valence-corrected chi connectivity index (χ0v) is 17.5. The van der Waals surface area contributed by atoms with Gasteiger partial charge in [-0.15, -0.1) is 0 Å². The Morgan fingerprint density at radius 2 is 1.69 bits per heavy atom. The largest absolute Gasteiger partial charge is 0.359 e. The molecule has 2 aromatic carbocycles. The Balaban J connectivity index is 1.81. The van der Waals surface area contributed by atoms with Crippen LogP contribution < -0.4 is 10.6 Å². The molecular weight excluding hydrogens is 414 g/mol. The number of allylic oxidation sites excluding steroid dienone is 1. The quantitative estimate of drug-likeness (QED) is 0.467. The summed E-state index contributed by atoms with van der Waals surface area (Å²) in [7, 11) is 0. The van der Waals surface area contributed by atoms with Gasteiger partial charge < -0.3 is 10.6 Å². The second-order valence-electron chi connectivity index (χ2n) is 7.60. The second kappa shape index (κ2) is 8.56. The lowest BCUT2D eigenvalue weighted by atomic mass is 10.1. The number of carbonyl (C=O) groups is 2. The summed E-state index contributed by atoms with van der Waals surface area (Å²) in [6.07, 6.45) is 0.636. The number of amides is 1. The smallest absolute Gasteiger partial charge is 0.226 e. The van der Waals surface area contributed by atoms with Crippen LogP contribution in [0.4, 0.5) is 10.1 Å². The predicted octanol–water partition coefficient (Wildman–Crippen LogP) is 5.15. The maximum Gasteiger partial charge on any atom is 0.226 e. The number of ketones is 1. The minimum atomic E-state index is -1.01. The van der Waals surface area contributed by atoms with E-state index in [1.807, 2.05) is 13.8 Å². The summed E-state index contributed by atoms with van der Waals surface area (Å²) < 4.78 is 13.3. The molecule has 3 rings (SSSR count). The van der Waals surface area contributed by atoms with E-state index in [0.29, 0.717) is 11.3 Å². The van der Waals surface area contributed by atoms with Crippen LogP contribution in [-0.2, 0) is 4.79 Å². The Morgan fingerprint density at radius 3 is 2.28 bits per heavy atom. The average molecular weight is 435 g/mol. The van der Waals surface area contributed by atoms with Crippen LogP contribution in [0.15, 0.2) is 65.2 Å². The molecular formula is C22H21Cl2FN2O2. The van der Waals surface area contributed by atoms with Crippen molar-refractivity contribution in [2.75, 3.05) is 5.32 Å². The number of anilines is 1. The van der Waals surface area contributed by atoms with Gasteiger partial charge in [-0.05, 0) is 41.7 Å². The van der Waals surface area contributed by atoms with Gasteiger partial charge >= 0.3 is 0 Å². The molecule has 1 aliphatic rings. The van der Waals surface area contributed by atoms with E-state index >= 15 is 0 Å². The third-order valence-electron chi connectivity index (χ3n) is 5.26. The molecule has 2 aromatic rings. The standard InChI is InChI=1S/C22H21Cl2FN2O2/c1-22(2)16(12-17(23)24)18(22)21(29)27-20(19(28)13-6-4-3-5-7-13)26-15-10-8-14(25)9-11-15/h3-12,16,18,20,26H,1-2H3,(H,27,29)/t16-,18-,20-/m0/s1. The highest BCUT2D eigenvalue weighted by molar-refractivity contribution is 6.55. The fraction of sp³-hybridized carbons (Fsp3) is 0.273. The molecule has 1 amide bonds. The molecule has 2 N–H and O–H groups in total. The molecule has 1 saturated carbocycles. The van der Waals surface area contributed by atoms with Gasteiger partial charge in [-0.1, -0.05) is 67.4 Å². The number of hydrogen-bond acceptors (Lipinski definition) is 3. The van der Waals surface area contributed by atoms with Gasteiger partial charge in [0.2, 0.25) is 11.7 Å². The highest BCUT2D eigenvalue weighted by Crippen LogP contribution is 2.59. The summed E-state index contributed by atoms with van der Waals surface area (Å²) >= 11 is 11.5. The zero-order valence-electron chi connectivity index (χ0n) is 16.0. The van der Waals surface area contributed by atoms with Crippen molar-refractivity contribution in [2.24, 2.45) is 17.3 Å². The first-order valence-electron chi connectivity index (χ1n) is 9.14. The van der Waals surface area contributed by atoms with E-state index < -0.39 is 12.0 Å². The van der Waals surface area contributed by atoms with E-state index in [0.717, 1.165) is 0 Å². The maximum absolute atomic E-state index is 13.2. The number of hydrogen-bond donors (Lipinski definition) is 2. The van der Waals surface area contributed by atoms with Crippen LogP contribution >= 0.6 is 23.2 Å². The molecule has 0 heterocycles. The summed E-state index contributed by atoms with van der Waals surface area (Å²) in [5.41, 5.74) is 0.633. The number of nitrogens with one attached hydrogen (secondary N) is 2. The van der Waals surface area contributed by atoms with Gasteiger partial charge in [0.05, 0.1) is 5.92 Å². The minimum absolute atomic E-state index is 0.111. The average Bonchev–Trinajstić information content (AvgIpc) is 3.22. The van der Waals surface area contributed by atoms with Crippen molar-refractivity contribution in [1.29, 1.82) is 0 Å². The molecule has 0 aliphatic heterocycles. The lowest BCUT2D eigenvalue weighted by Gasteiger charge is -2.21. The van der Waals surface area contributed by atoms with Crippen LogP contribution in [0.5, 0.6) is 0 Å². The van der Waals surface area contributed by atoms with E-state index in [9.17, 15) is 14.0 Å². The first-order valence-corrected chi connectivity index (χ1v) is 9.90. The van der Waals surface area contributed by atoms with Gasteiger partial charge in [0.1, 0.15) is 10.3 Å². The Hall–Kier alpha value is -2.37. The van der Waals surface area contributed by atoms with Crippen LogP contribution in [0, 0.1) is 23.1 Å². The Labute approximate surface area is 179 Å². The van der Waals surface area contributed by atoms with Crippen LogP contribution in [0.3, 0.4) is 0 Å². The zero-order chi connectivity index (χ0) is 21.2. The summed E-state index contributed by atoms with van der Waals surface area (Å²) in [6.45, 7) is 3.88. The number of rotatable bonds is 7. The fourth-order valence-corrected chi connectivity index (χ4v) is 3.78. The van der Waals surface area contributed by atoms with Crippen molar-refractivity contribution in [2.45, 2.75) is 20.0 Å². The Kier molecular flexibility index (Phi) is 6.30. The van der Waals surface area contributed by atoms with Crippen molar-refractivity contribution in [3.05, 3.63) is 76.5 Å². The van der Waals surface area contributed by atoms with E-state index in [1.54, 1.807) is 36.4 Å². The second-order valence-corrected chi connectivity index (χ2v) is 8.61. The van der Waals surface area contributed by atoms with Gasteiger partial charge in [-0.2, -0.15) is 0 Å². The van der Waals surface area contributed by atoms with E-state index in [2.05, 4.69) is 10.6 Å². The van der Waals surface area contributed by atoms with Crippen molar-refractivity contribution in [3.8, 4) is 0 Å². The van der Waals surface area contributed by atoms with Gasteiger partial charge in [-0.25, -0.2) is 4.39 Å². The number of halogens is 3. The number of carbonyl (C=O) groups excluding carboxylic acids is 2. The Morgan fingerprint density at radius 1 is 1.07 bits per heavy atom. The Bertz CT molecular complexity index is 926. The lowest BCUT2D eigenvalue weighted by molar-refractivity contribution is -0.123. The van der Waals surface area contributed by atoms with Crippen molar-refractivity contribution < 1.29 is 14.0 Å². The monoisotopic (exact) mass is 434 g/mol. The molecule has 1 fully saturated rings.